The molecule has 1 fully saturated rings. The Labute approximate surface area is 61.4 Å². The minimum absolute atomic E-state index is 0.231. The van der Waals surface area contributed by atoms with Crippen molar-refractivity contribution in [1.82, 2.24) is 10.2 Å². The van der Waals surface area contributed by atoms with Crippen LogP contribution in [-0.2, 0) is 4.79 Å². The van der Waals surface area contributed by atoms with E-state index >= 15 is 0 Å². The largest absolute Gasteiger partial charge is 0.345 e. The van der Waals surface area contributed by atoms with E-state index in [-0.39, 0.29) is 11.8 Å². The number of amides is 1. The molecule has 0 aromatic rings. The van der Waals surface area contributed by atoms with E-state index in [0.717, 1.165) is 19.5 Å². The molecule has 0 aromatic carbocycles. The lowest BCUT2D eigenvalue weighted by Gasteiger charge is -2.08. The average molecular weight is 142 g/mol. The first-order chi connectivity index (χ1) is 4.75. The number of carbonyl (C=O) groups is 1. The Morgan fingerprint density at radius 1 is 1.80 bits per heavy atom. The van der Waals surface area contributed by atoms with Gasteiger partial charge in [0.1, 0.15) is 0 Å². The molecule has 0 bridgehead atoms. The molecule has 1 amide bonds. The van der Waals surface area contributed by atoms with Crippen molar-refractivity contribution < 1.29 is 4.79 Å². The van der Waals surface area contributed by atoms with Gasteiger partial charge >= 0.3 is 0 Å². The van der Waals surface area contributed by atoms with Gasteiger partial charge in [0.15, 0.2) is 0 Å². The van der Waals surface area contributed by atoms with Gasteiger partial charge in [-0.1, -0.05) is 0 Å². The normalized spacial score (nSPS) is 26.0. The monoisotopic (exact) mass is 142 g/mol. The quantitative estimate of drug-likeness (QED) is 0.573. The highest BCUT2D eigenvalue weighted by Crippen LogP contribution is 2.14. The third-order valence-electron chi connectivity index (χ3n) is 1.99. The minimum atomic E-state index is 0.231. The predicted octanol–water partition coefficient (Wildman–Crippen LogP) is -0.316. The summed E-state index contributed by atoms with van der Waals surface area (Å²) in [4.78, 5) is 13.0. The van der Waals surface area contributed by atoms with Crippen molar-refractivity contribution >= 4 is 5.91 Å². The number of hydrogen-bond donors (Lipinski definition) is 1. The fourth-order valence-corrected chi connectivity index (χ4v) is 1.33. The van der Waals surface area contributed by atoms with Crippen LogP contribution in [0.5, 0.6) is 0 Å². The van der Waals surface area contributed by atoms with Crippen molar-refractivity contribution in [2.24, 2.45) is 5.92 Å². The first kappa shape index (κ1) is 7.54. The highest BCUT2D eigenvalue weighted by Gasteiger charge is 2.27. The molecule has 0 aliphatic carbocycles. The lowest BCUT2D eigenvalue weighted by atomic mass is 10.1. The number of rotatable bonds is 2. The van der Waals surface area contributed by atoms with Crippen LogP contribution in [0.15, 0.2) is 0 Å². The third-order valence-corrected chi connectivity index (χ3v) is 1.99. The molecule has 3 nitrogen and oxygen atoms in total. The standard InChI is InChI=1S/C7H14N2O/c1-8-5-6-3-4-9(2)7(6)10/h6,8H,3-5H2,1-2H3. The van der Waals surface area contributed by atoms with E-state index in [1.54, 1.807) is 4.90 Å². The highest BCUT2D eigenvalue weighted by molar-refractivity contribution is 5.80. The molecular formula is C7H14N2O. The minimum Gasteiger partial charge on any atom is -0.345 e. The van der Waals surface area contributed by atoms with Crippen molar-refractivity contribution in [2.75, 3.05) is 27.2 Å². The molecular weight excluding hydrogens is 128 g/mol. The molecule has 3 heteroatoms. The Morgan fingerprint density at radius 3 is 2.90 bits per heavy atom. The summed E-state index contributed by atoms with van der Waals surface area (Å²) in [6, 6.07) is 0. The molecule has 1 rings (SSSR count). The van der Waals surface area contributed by atoms with Gasteiger partial charge in [0, 0.05) is 20.1 Å². The van der Waals surface area contributed by atoms with Gasteiger partial charge in [-0.25, -0.2) is 0 Å². The molecule has 1 N–H and O–H groups in total. The SMILES string of the molecule is CNCC1CCN(C)C1=O. The van der Waals surface area contributed by atoms with Crippen LogP contribution in [0.3, 0.4) is 0 Å². The van der Waals surface area contributed by atoms with E-state index < -0.39 is 0 Å². The zero-order chi connectivity index (χ0) is 7.56. The summed E-state index contributed by atoms with van der Waals surface area (Å²) in [6.07, 6.45) is 1.01. The predicted molar refractivity (Wildman–Crippen MR) is 39.7 cm³/mol. The molecule has 1 aliphatic rings. The molecule has 10 heavy (non-hydrogen) atoms. The third kappa shape index (κ3) is 1.29. The van der Waals surface area contributed by atoms with Crippen LogP contribution < -0.4 is 5.32 Å². The van der Waals surface area contributed by atoms with Crippen LogP contribution in [0.25, 0.3) is 0 Å². The van der Waals surface area contributed by atoms with E-state index in [1.165, 1.54) is 0 Å². The lowest BCUT2D eigenvalue weighted by Crippen LogP contribution is -2.28. The fourth-order valence-electron chi connectivity index (χ4n) is 1.33. The van der Waals surface area contributed by atoms with Crippen molar-refractivity contribution in [3.05, 3.63) is 0 Å². The summed E-state index contributed by atoms with van der Waals surface area (Å²) in [7, 11) is 3.74. The lowest BCUT2D eigenvalue weighted by molar-refractivity contribution is -0.129. The van der Waals surface area contributed by atoms with Gasteiger partial charge in [0.2, 0.25) is 5.91 Å². The summed E-state index contributed by atoms with van der Waals surface area (Å²) in [5, 5.41) is 3.01. The highest BCUT2D eigenvalue weighted by atomic mass is 16.2. The van der Waals surface area contributed by atoms with Gasteiger partial charge in [-0.2, -0.15) is 0 Å². The van der Waals surface area contributed by atoms with E-state index in [0.29, 0.717) is 0 Å². The molecule has 1 saturated heterocycles. The van der Waals surface area contributed by atoms with E-state index in [9.17, 15) is 4.79 Å². The van der Waals surface area contributed by atoms with Crippen molar-refractivity contribution in [2.45, 2.75) is 6.42 Å². The summed E-state index contributed by atoms with van der Waals surface area (Å²) in [5.74, 6) is 0.518. The zero-order valence-corrected chi connectivity index (χ0v) is 6.55. The number of nitrogens with zero attached hydrogens (tertiary/aromatic N) is 1. The van der Waals surface area contributed by atoms with Crippen LogP contribution in [-0.4, -0.2) is 38.0 Å². The van der Waals surface area contributed by atoms with Crippen molar-refractivity contribution in [3.63, 3.8) is 0 Å². The number of hydrogen-bond acceptors (Lipinski definition) is 2. The molecule has 0 spiro atoms. The van der Waals surface area contributed by atoms with E-state index in [4.69, 9.17) is 0 Å². The van der Waals surface area contributed by atoms with E-state index in [2.05, 4.69) is 5.32 Å². The second-order valence-electron chi connectivity index (χ2n) is 2.80. The molecule has 1 unspecified atom stereocenters. The van der Waals surface area contributed by atoms with Crippen LogP contribution >= 0.6 is 0 Å². The summed E-state index contributed by atoms with van der Waals surface area (Å²) in [5.41, 5.74) is 0. The van der Waals surface area contributed by atoms with Crippen LogP contribution in [0.4, 0.5) is 0 Å². The summed E-state index contributed by atoms with van der Waals surface area (Å²) < 4.78 is 0. The molecule has 1 heterocycles. The molecule has 0 aromatic heterocycles. The Hall–Kier alpha value is -0.570. The van der Waals surface area contributed by atoms with Gasteiger partial charge in [0.05, 0.1) is 5.92 Å². The topological polar surface area (TPSA) is 32.3 Å². The van der Waals surface area contributed by atoms with Crippen LogP contribution in [0.1, 0.15) is 6.42 Å². The second-order valence-corrected chi connectivity index (χ2v) is 2.80. The van der Waals surface area contributed by atoms with Crippen LogP contribution in [0.2, 0.25) is 0 Å². The second kappa shape index (κ2) is 3.01. The smallest absolute Gasteiger partial charge is 0.226 e. The summed E-state index contributed by atoms with van der Waals surface area (Å²) in [6.45, 7) is 1.74. The van der Waals surface area contributed by atoms with Gasteiger partial charge in [-0.3, -0.25) is 4.79 Å². The molecule has 0 radical (unpaired) electrons. The van der Waals surface area contributed by atoms with Gasteiger partial charge < -0.3 is 10.2 Å². The maximum atomic E-state index is 11.2. The van der Waals surface area contributed by atoms with Gasteiger partial charge in [-0.15, -0.1) is 0 Å². The number of carbonyl (C=O) groups excluding carboxylic acids is 1. The van der Waals surface area contributed by atoms with Crippen molar-refractivity contribution in [3.8, 4) is 0 Å². The molecule has 58 valence electrons. The molecule has 1 aliphatic heterocycles. The Balaban J connectivity index is 2.41. The maximum absolute atomic E-state index is 11.2. The first-order valence-electron chi connectivity index (χ1n) is 3.65. The average Bonchev–Trinajstić information content (AvgIpc) is 2.20. The number of nitrogens with one attached hydrogen (secondary N) is 1. The van der Waals surface area contributed by atoms with E-state index in [1.807, 2.05) is 14.1 Å². The van der Waals surface area contributed by atoms with Crippen LogP contribution in [0, 0.1) is 5.92 Å². The van der Waals surface area contributed by atoms with Gasteiger partial charge in [-0.05, 0) is 13.5 Å². The fraction of sp³-hybridized carbons (Fsp3) is 0.857. The summed E-state index contributed by atoms with van der Waals surface area (Å²) >= 11 is 0. The van der Waals surface area contributed by atoms with Gasteiger partial charge in [0.25, 0.3) is 0 Å². The molecule has 0 saturated carbocycles. The molecule has 1 atom stereocenters. The number of likely N-dealkylation sites (tertiary alicyclic amines) is 1. The first-order valence-corrected chi connectivity index (χ1v) is 3.65. The Morgan fingerprint density at radius 2 is 2.50 bits per heavy atom. The Kier molecular flexibility index (Phi) is 2.27. The van der Waals surface area contributed by atoms with Crippen molar-refractivity contribution in [1.29, 1.82) is 0 Å². The maximum Gasteiger partial charge on any atom is 0.226 e. The zero-order valence-electron chi connectivity index (χ0n) is 6.55. The Bertz CT molecular complexity index is 134.